The lowest BCUT2D eigenvalue weighted by Gasteiger charge is -2.11. The minimum absolute atomic E-state index is 0.0130. The van der Waals surface area contributed by atoms with Gasteiger partial charge in [-0.15, -0.1) is 5.10 Å². The molecule has 0 amide bonds. The maximum absolute atomic E-state index is 11.8. The van der Waals surface area contributed by atoms with Gasteiger partial charge in [-0.3, -0.25) is 4.68 Å². The van der Waals surface area contributed by atoms with Crippen LogP contribution >= 0.6 is 0 Å². The van der Waals surface area contributed by atoms with E-state index in [4.69, 9.17) is 5.73 Å². The van der Waals surface area contributed by atoms with Crippen molar-refractivity contribution < 1.29 is 17.9 Å². The maximum Gasteiger partial charge on any atom is 0.411 e. The monoisotopic (exact) mass is 252 g/mol. The van der Waals surface area contributed by atoms with E-state index < -0.39 is 12.8 Å². The molecule has 5 nitrogen and oxygen atoms in total. The van der Waals surface area contributed by atoms with Crippen molar-refractivity contribution >= 4 is 0 Å². The number of aromatic nitrogens is 3. The van der Waals surface area contributed by atoms with E-state index in [2.05, 4.69) is 15.0 Å². The Labute approximate surface area is 96.7 Å². The van der Waals surface area contributed by atoms with Crippen LogP contribution in [0.5, 0.6) is 0 Å². The Hall–Kier alpha value is -1.15. The summed E-state index contributed by atoms with van der Waals surface area (Å²) in [6.45, 7) is -1.24. The average molecular weight is 252 g/mol. The van der Waals surface area contributed by atoms with E-state index in [1.165, 1.54) is 0 Å². The zero-order valence-corrected chi connectivity index (χ0v) is 9.44. The van der Waals surface area contributed by atoms with Gasteiger partial charge >= 0.3 is 6.18 Å². The first kappa shape index (κ1) is 13.9. The molecule has 8 heteroatoms. The van der Waals surface area contributed by atoms with Gasteiger partial charge in [0.05, 0.1) is 5.69 Å². The number of alkyl halides is 3. The number of nitrogens with zero attached hydrogens (tertiary/aromatic N) is 3. The van der Waals surface area contributed by atoms with Crippen LogP contribution < -0.4 is 5.73 Å². The van der Waals surface area contributed by atoms with Crippen LogP contribution in [0.25, 0.3) is 0 Å². The lowest BCUT2D eigenvalue weighted by atomic mass is 10.1. The van der Waals surface area contributed by atoms with Gasteiger partial charge in [0.15, 0.2) is 0 Å². The highest BCUT2D eigenvalue weighted by Crippen LogP contribution is 2.14. The molecule has 0 aromatic carbocycles. The van der Waals surface area contributed by atoms with Crippen LogP contribution in [0.1, 0.15) is 12.1 Å². The highest BCUT2D eigenvalue weighted by molar-refractivity contribution is 4.94. The lowest BCUT2D eigenvalue weighted by molar-refractivity contribution is -0.174. The first-order chi connectivity index (χ1) is 7.87. The summed E-state index contributed by atoms with van der Waals surface area (Å²) in [7, 11) is 1.73. The van der Waals surface area contributed by atoms with Crippen LogP contribution in [0.4, 0.5) is 13.2 Å². The number of rotatable bonds is 6. The van der Waals surface area contributed by atoms with E-state index in [0.717, 1.165) is 5.69 Å². The fraction of sp³-hybridized carbons (Fsp3) is 0.778. The number of ether oxygens (including phenoxy) is 1. The molecule has 0 saturated heterocycles. The molecule has 1 aromatic heterocycles. The highest BCUT2D eigenvalue weighted by Gasteiger charge is 2.27. The van der Waals surface area contributed by atoms with Crippen LogP contribution in [0.2, 0.25) is 0 Å². The summed E-state index contributed by atoms with van der Waals surface area (Å²) in [5.41, 5.74) is 6.44. The van der Waals surface area contributed by atoms with Gasteiger partial charge in [-0.1, -0.05) is 5.21 Å². The van der Waals surface area contributed by atoms with E-state index in [1.807, 2.05) is 0 Å². The third-order valence-corrected chi connectivity index (χ3v) is 2.02. The summed E-state index contributed by atoms with van der Waals surface area (Å²) in [6.07, 6.45) is -1.73. The molecule has 17 heavy (non-hydrogen) atoms. The molecular weight excluding hydrogens is 237 g/mol. The Morgan fingerprint density at radius 1 is 1.53 bits per heavy atom. The first-order valence-electron chi connectivity index (χ1n) is 5.12. The zero-order chi connectivity index (χ0) is 12.9. The maximum atomic E-state index is 11.8. The van der Waals surface area contributed by atoms with Gasteiger partial charge in [0, 0.05) is 32.3 Å². The normalized spacial score (nSPS) is 13.9. The Morgan fingerprint density at radius 2 is 2.24 bits per heavy atom. The first-order valence-corrected chi connectivity index (χ1v) is 5.12. The smallest absolute Gasteiger partial charge is 0.372 e. The van der Waals surface area contributed by atoms with E-state index in [-0.39, 0.29) is 12.6 Å². The van der Waals surface area contributed by atoms with Crippen molar-refractivity contribution in [1.29, 1.82) is 0 Å². The van der Waals surface area contributed by atoms with Gasteiger partial charge in [-0.2, -0.15) is 13.2 Å². The largest absolute Gasteiger partial charge is 0.411 e. The number of aryl methyl sites for hydroxylation is 1. The predicted octanol–water partition coefficient (Wildman–Crippen LogP) is 0.654. The molecule has 0 radical (unpaired) electrons. The molecule has 1 atom stereocenters. The molecule has 0 aliphatic rings. The topological polar surface area (TPSA) is 66.0 Å². The third-order valence-electron chi connectivity index (χ3n) is 2.02. The van der Waals surface area contributed by atoms with Crippen molar-refractivity contribution in [1.82, 2.24) is 15.0 Å². The Balaban J connectivity index is 2.15. The number of nitrogens with two attached hydrogens (primary N) is 1. The minimum atomic E-state index is -4.28. The third kappa shape index (κ3) is 6.22. The Kier molecular flexibility index (Phi) is 4.88. The molecule has 98 valence electrons. The Morgan fingerprint density at radius 3 is 2.76 bits per heavy atom. The molecule has 0 saturated carbocycles. The molecule has 0 fully saturated rings. The quantitative estimate of drug-likeness (QED) is 0.755. The number of hydrogen-bond donors (Lipinski definition) is 1. The zero-order valence-electron chi connectivity index (χ0n) is 9.44. The van der Waals surface area contributed by atoms with E-state index in [0.29, 0.717) is 12.8 Å². The second-order valence-electron chi connectivity index (χ2n) is 3.80. The molecule has 0 bridgehead atoms. The summed E-state index contributed by atoms with van der Waals surface area (Å²) in [5, 5.41) is 7.56. The standard InChI is InChI=1S/C9H15F3N4O/c1-16-5-8(14-15-16)4-7(13)2-3-17-6-9(10,11)12/h5,7H,2-4,6,13H2,1H3. The summed E-state index contributed by atoms with van der Waals surface area (Å²) >= 11 is 0. The molecular formula is C9H15F3N4O. The second kappa shape index (κ2) is 5.97. The fourth-order valence-electron chi connectivity index (χ4n) is 1.28. The number of halogens is 3. The van der Waals surface area contributed by atoms with Gasteiger partial charge in [-0.05, 0) is 6.42 Å². The summed E-state index contributed by atoms with van der Waals surface area (Å²) in [5.74, 6) is 0. The summed E-state index contributed by atoms with van der Waals surface area (Å²) < 4.78 is 41.3. The van der Waals surface area contributed by atoms with Crippen LogP contribution in [-0.2, 0) is 18.2 Å². The van der Waals surface area contributed by atoms with Crippen LogP contribution in [0.15, 0.2) is 6.20 Å². The van der Waals surface area contributed by atoms with Crippen LogP contribution in [-0.4, -0.2) is 40.4 Å². The minimum Gasteiger partial charge on any atom is -0.372 e. The van der Waals surface area contributed by atoms with E-state index >= 15 is 0 Å². The lowest BCUT2D eigenvalue weighted by Crippen LogP contribution is -2.26. The average Bonchev–Trinajstić information content (AvgIpc) is 2.57. The second-order valence-corrected chi connectivity index (χ2v) is 3.80. The number of hydrogen-bond acceptors (Lipinski definition) is 4. The van der Waals surface area contributed by atoms with Crippen molar-refractivity contribution in [3.8, 4) is 0 Å². The summed E-state index contributed by atoms with van der Waals surface area (Å²) in [6, 6.07) is -0.278. The SMILES string of the molecule is Cn1cc(CC(N)CCOCC(F)(F)F)nn1. The van der Waals surface area contributed by atoms with Gasteiger partial charge in [0.1, 0.15) is 6.61 Å². The van der Waals surface area contributed by atoms with Gasteiger partial charge in [0.25, 0.3) is 0 Å². The van der Waals surface area contributed by atoms with Crippen molar-refractivity contribution in [2.45, 2.75) is 25.1 Å². The molecule has 1 rings (SSSR count). The molecule has 0 aliphatic heterocycles. The molecule has 1 aromatic rings. The van der Waals surface area contributed by atoms with Crippen LogP contribution in [0, 0.1) is 0 Å². The van der Waals surface area contributed by atoms with Gasteiger partial charge in [0.2, 0.25) is 0 Å². The van der Waals surface area contributed by atoms with Gasteiger partial charge < -0.3 is 10.5 Å². The molecule has 0 aliphatic carbocycles. The molecule has 2 N–H and O–H groups in total. The summed E-state index contributed by atoms with van der Waals surface area (Å²) in [4.78, 5) is 0. The highest BCUT2D eigenvalue weighted by atomic mass is 19.4. The van der Waals surface area contributed by atoms with Crippen LogP contribution in [0.3, 0.4) is 0 Å². The van der Waals surface area contributed by atoms with E-state index in [1.54, 1.807) is 17.9 Å². The van der Waals surface area contributed by atoms with Crippen molar-refractivity contribution in [3.63, 3.8) is 0 Å². The molecule has 0 spiro atoms. The Bertz CT molecular complexity index is 339. The van der Waals surface area contributed by atoms with E-state index in [9.17, 15) is 13.2 Å². The molecule has 1 heterocycles. The molecule has 1 unspecified atom stereocenters. The van der Waals surface area contributed by atoms with Gasteiger partial charge in [-0.25, -0.2) is 0 Å². The fourth-order valence-corrected chi connectivity index (χ4v) is 1.28. The van der Waals surface area contributed by atoms with Crippen molar-refractivity contribution in [3.05, 3.63) is 11.9 Å². The predicted molar refractivity (Wildman–Crippen MR) is 54.2 cm³/mol. The van der Waals surface area contributed by atoms with Crippen molar-refractivity contribution in [2.75, 3.05) is 13.2 Å². The van der Waals surface area contributed by atoms with Crippen molar-refractivity contribution in [2.24, 2.45) is 12.8 Å².